The van der Waals surface area contributed by atoms with E-state index in [1.54, 1.807) is 0 Å². The van der Waals surface area contributed by atoms with Gasteiger partial charge < -0.3 is 0 Å². The van der Waals surface area contributed by atoms with Gasteiger partial charge in [0, 0.05) is 6.07 Å². The van der Waals surface area contributed by atoms with Gasteiger partial charge >= 0.3 is 0 Å². The molecule has 0 unspecified atom stereocenters. The van der Waals surface area contributed by atoms with Crippen molar-refractivity contribution in [2.45, 2.75) is 10.7 Å². The van der Waals surface area contributed by atoms with Gasteiger partial charge in [-0.25, -0.2) is 17.6 Å². The molecule has 0 heterocycles. The van der Waals surface area contributed by atoms with Crippen LogP contribution >= 0.6 is 11.8 Å². The summed E-state index contributed by atoms with van der Waals surface area (Å²) in [5, 5.41) is 0. The minimum atomic E-state index is -3.15. The highest BCUT2D eigenvalue weighted by molar-refractivity contribution is 7.99. The summed E-state index contributed by atoms with van der Waals surface area (Å²) >= 11 is -0.583. The van der Waals surface area contributed by atoms with E-state index in [2.05, 4.69) is 0 Å². The minimum Gasteiger partial charge on any atom is -0.204 e. The maximum Gasteiger partial charge on any atom is 0.289 e. The van der Waals surface area contributed by atoms with Gasteiger partial charge in [-0.1, -0.05) is 0 Å². The predicted octanol–water partition coefficient (Wildman–Crippen LogP) is 3.56. The smallest absolute Gasteiger partial charge is 0.204 e. The van der Waals surface area contributed by atoms with Crippen LogP contribution in [-0.2, 0) is 0 Å². The van der Waals surface area contributed by atoms with Crippen LogP contribution in [0.25, 0.3) is 0 Å². The predicted molar refractivity (Wildman–Crippen MR) is 38.1 cm³/mol. The van der Waals surface area contributed by atoms with Gasteiger partial charge in [0.05, 0.1) is 4.90 Å². The lowest BCUT2D eigenvalue weighted by atomic mass is 10.3. The first-order valence-electron chi connectivity index (χ1n) is 3.21. The molecular formula is C7H2F6S. The average Bonchev–Trinajstić information content (AvgIpc) is 2.09. The van der Waals surface area contributed by atoms with Crippen LogP contribution in [0.4, 0.5) is 26.3 Å². The third-order valence-electron chi connectivity index (χ3n) is 1.28. The molecule has 78 valence electrons. The van der Waals surface area contributed by atoms with E-state index in [1.165, 1.54) is 0 Å². The fourth-order valence-electron chi connectivity index (χ4n) is 0.744. The maximum absolute atomic E-state index is 12.7. The zero-order valence-electron chi connectivity index (χ0n) is 6.33. The van der Waals surface area contributed by atoms with Gasteiger partial charge in [0.25, 0.3) is 5.76 Å². The zero-order valence-corrected chi connectivity index (χ0v) is 7.15. The van der Waals surface area contributed by atoms with E-state index in [4.69, 9.17) is 0 Å². The molecule has 14 heavy (non-hydrogen) atoms. The van der Waals surface area contributed by atoms with Crippen molar-refractivity contribution in [2.75, 3.05) is 0 Å². The largest absolute Gasteiger partial charge is 0.289 e. The van der Waals surface area contributed by atoms with E-state index in [1.807, 2.05) is 0 Å². The molecule has 1 aromatic carbocycles. The van der Waals surface area contributed by atoms with Crippen LogP contribution in [0.1, 0.15) is 0 Å². The lowest BCUT2D eigenvalue weighted by Gasteiger charge is -2.04. The third kappa shape index (κ3) is 2.14. The Morgan fingerprint density at radius 2 is 1.36 bits per heavy atom. The molecule has 0 N–H and O–H groups in total. The molecule has 0 amide bonds. The van der Waals surface area contributed by atoms with Gasteiger partial charge in [-0.2, -0.15) is 8.78 Å². The number of alkyl halides is 2. The van der Waals surface area contributed by atoms with Gasteiger partial charge in [0.15, 0.2) is 23.3 Å². The molecule has 0 aliphatic heterocycles. The topological polar surface area (TPSA) is 0 Å². The molecule has 0 saturated heterocycles. The highest BCUT2D eigenvalue weighted by Crippen LogP contribution is 2.32. The second-order valence-electron chi connectivity index (χ2n) is 2.18. The highest BCUT2D eigenvalue weighted by atomic mass is 32.2. The highest BCUT2D eigenvalue weighted by Gasteiger charge is 2.22. The molecule has 0 aromatic heterocycles. The quantitative estimate of drug-likeness (QED) is 0.427. The van der Waals surface area contributed by atoms with Gasteiger partial charge in [0.2, 0.25) is 0 Å². The minimum absolute atomic E-state index is 0.0415. The summed E-state index contributed by atoms with van der Waals surface area (Å²) in [7, 11) is 0. The SMILES string of the molecule is Fc1cc(F)c(F)c(SC(F)F)c1F. The van der Waals surface area contributed by atoms with E-state index in [0.717, 1.165) is 0 Å². The van der Waals surface area contributed by atoms with Crippen molar-refractivity contribution in [3.8, 4) is 0 Å². The van der Waals surface area contributed by atoms with Gasteiger partial charge in [-0.05, 0) is 11.8 Å². The molecular weight excluding hydrogens is 230 g/mol. The van der Waals surface area contributed by atoms with Crippen LogP contribution in [0.5, 0.6) is 0 Å². The lowest BCUT2D eigenvalue weighted by molar-refractivity contribution is 0.251. The summed E-state index contributed by atoms with van der Waals surface area (Å²) in [6.45, 7) is 0. The second kappa shape index (κ2) is 4.12. The Balaban J connectivity index is 3.25. The molecule has 0 atom stereocenters. The van der Waals surface area contributed by atoms with Gasteiger partial charge in [0.1, 0.15) is 0 Å². The average molecular weight is 232 g/mol. The molecule has 0 aliphatic rings. The first kappa shape index (κ1) is 11.2. The van der Waals surface area contributed by atoms with Crippen LogP contribution < -0.4 is 0 Å². The fourth-order valence-corrected chi connectivity index (χ4v) is 1.32. The van der Waals surface area contributed by atoms with Crippen molar-refractivity contribution in [2.24, 2.45) is 0 Å². The summed E-state index contributed by atoms with van der Waals surface area (Å²) in [4.78, 5) is -1.35. The fraction of sp³-hybridized carbons (Fsp3) is 0.143. The maximum atomic E-state index is 12.7. The molecule has 7 heteroatoms. The Bertz CT molecular complexity index is 324. The second-order valence-corrected chi connectivity index (χ2v) is 3.18. The summed E-state index contributed by atoms with van der Waals surface area (Å²) in [5.74, 6) is -10.2. The molecule has 0 bridgehead atoms. The monoisotopic (exact) mass is 232 g/mol. The number of rotatable bonds is 2. The Kier molecular flexibility index (Phi) is 3.30. The Morgan fingerprint density at radius 1 is 0.929 bits per heavy atom. The number of hydrogen-bond donors (Lipinski definition) is 0. The van der Waals surface area contributed by atoms with Crippen molar-refractivity contribution < 1.29 is 26.3 Å². The normalized spacial score (nSPS) is 11.1. The Morgan fingerprint density at radius 3 is 1.71 bits per heavy atom. The number of benzene rings is 1. The Hall–Kier alpha value is -0.850. The van der Waals surface area contributed by atoms with Crippen LogP contribution in [0.3, 0.4) is 0 Å². The van der Waals surface area contributed by atoms with Gasteiger partial charge in [-0.15, -0.1) is 0 Å². The summed E-state index contributed by atoms with van der Waals surface area (Å²) in [6.07, 6.45) is 0. The van der Waals surface area contributed by atoms with Crippen molar-refractivity contribution in [1.82, 2.24) is 0 Å². The molecule has 1 rings (SSSR count). The Labute approximate surface area is 78.9 Å². The number of halogens is 6. The van der Waals surface area contributed by atoms with Crippen LogP contribution in [0.15, 0.2) is 11.0 Å². The molecule has 0 saturated carbocycles. The molecule has 0 aliphatic carbocycles. The van der Waals surface area contributed by atoms with Crippen molar-refractivity contribution >= 4 is 11.8 Å². The van der Waals surface area contributed by atoms with Crippen LogP contribution in [0.2, 0.25) is 0 Å². The molecule has 0 radical (unpaired) electrons. The summed E-state index contributed by atoms with van der Waals surface area (Å²) in [5.41, 5.74) is 0. The van der Waals surface area contributed by atoms with Crippen LogP contribution in [-0.4, -0.2) is 5.76 Å². The van der Waals surface area contributed by atoms with E-state index in [0.29, 0.717) is 0 Å². The first-order valence-corrected chi connectivity index (χ1v) is 4.09. The van der Waals surface area contributed by atoms with Crippen LogP contribution in [0, 0.1) is 23.3 Å². The molecule has 0 spiro atoms. The molecule has 1 aromatic rings. The third-order valence-corrected chi connectivity index (χ3v) is 2.05. The zero-order chi connectivity index (χ0) is 10.9. The molecule has 0 nitrogen and oxygen atoms in total. The number of hydrogen-bond acceptors (Lipinski definition) is 1. The van der Waals surface area contributed by atoms with E-state index in [9.17, 15) is 26.3 Å². The van der Waals surface area contributed by atoms with E-state index >= 15 is 0 Å². The summed E-state index contributed by atoms with van der Waals surface area (Å²) in [6, 6.07) is -0.0415. The van der Waals surface area contributed by atoms with E-state index in [-0.39, 0.29) is 6.07 Å². The van der Waals surface area contributed by atoms with Crippen molar-refractivity contribution in [3.63, 3.8) is 0 Å². The lowest BCUT2D eigenvalue weighted by Crippen LogP contribution is -1.98. The standard InChI is InChI=1S/C7H2F6S/c8-2-1-3(9)5(11)6(4(2)10)14-7(12)13/h1,7H. The number of thioether (sulfide) groups is 1. The van der Waals surface area contributed by atoms with Gasteiger partial charge in [-0.3, -0.25) is 0 Å². The van der Waals surface area contributed by atoms with E-state index < -0.39 is 45.7 Å². The first-order chi connectivity index (χ1) is 6.43. The van der Waals surface area contributed by atoms with Crippen molar-refractivity contribution in [1.29, 1.82) is 0 Å². The molecule has 0 fully saturated rings. The summed E-state index contributed by atoms with van der Waals surface area (Å²) < 4.78 is 73.7. The van der Waals surface area contributed by atoms with Crippen molar-refractivity contribution in [3.05, 3.63) is 29.3 Å².